The fraction of sp³-hybridized carbons (Fsp3) is 0.667. The van der Waals surface area contributed by atoms with Gasteiger partial charge in [0.05, 0.1) is 17.2 Å². The predicted molar refractivity (Wildman–Crippen MR) is 181 cm³/mol. The first kappa shape index (κ1) is 35.1. The number of rotatable bonds is 16. The van der Waals surface area contributed by atoms with E-state index in [0.717, 1.165) is 30.6 Å². The van der Waals surface area contributed by atoms with E-state index in [9.17, 15) is 13.2 Å². The van der Waals surface area contributed by atoms with Gasteiger partial charge in [0, 0.05) is 36.7 Å². The zero-order valence-electron chi connectivity index (χ0n) is 27.6. The number of H-pyrrole nitrogens is 1. The van der Waals surface area contributed by atoms with E-state index in [-0.39, 0.29) is 28.7 Å². The average molecular weight is 663 g/mol. The van der Waals surface area contributed by atoms with Crippen LogP contribution >= 0.6 is 11.6 Å². The highest BCUT2D eigenvalue weighted by atomic mass is 35.5. The van der Waals surface area contributed by atoms with E-state index in [1.807, 2.05) is 31.2 Å². The van der Waals surface area contributed by atoms with Crippen LogP contribution in [0.5, 0.6) is 5.75 Å². The Bertz CT molecular complexity index is 1480. The number of nitrogens with zero attached hydrogens (tertiary/aromatic N) is 4. The summed E-state index contributed by atoms with van der Waals surface area (Å²) in [6.07, 6.45) is 9.44. The van der Waals surface area contributed by atoms with Crippen LogP contribution in [-0.4, -0.2) is 71.4 Å². The zero-order valence-corrected chi connectivity index (χ0v) is 29.1. The molecule has 2 atom stereocenters. The van der Waals surface area contributed by atoms with Gasteiger partial charge in [-0.1, -0.05) is 91.2 Å². The number of benzene rings is 1. The third-order valence-electron chi connectivity index (χ3n) is 8.47. The minimum Gasteiger partial charge on any atom is -0.481 e. The Balaban J connectivity index is 1.35. The van der Waals surface area contributed by atoms with E-state index in [1.54, 1.807) is 4.63 Å². The average Bonchev–Trinajstić information content (AvgIpc) is 3.56. The SMILES string of the molecule is CCCCCCCCCCC(Oc1ccc(N2CCS(=O)(=O)CC2)cc1)C(=O)NCC(C)c1nc2c(Cl)c(C(C)(C)C)[nH]n2n1. The lowest BCUT2D eigenvalue weighted by atomic mass is 9.92. The van der Waals surface area contributed by atoms with E-state index in [4.69, 9.17) is 16.3 Å². The Morgan fingerprint density at radius 3 is 2.27 bits per heavy atom. The smallest absolute Gasteiger partial charge is 0.261 e. The Morgan fingerprint density at radius 1 is 1.04 bits per heavy atom. The highest BCUT2D eigenvalue weighted by molar-refractivity contribution is 7.91. The molecule has 1 aromatic carbocycles. The molecular weight excluding hydrogens is 612 g/mol. The third-order valence-corrected chi connectivity index (χ3v) is 10.4. The van der Waals surface area contributed by atoms with Crippen LogP contribution < -0.4 is 15.0 Å². The molecule has 1 aliphatic heterocycles. The lowest BCUT2D eigenvalue weighted by Gasteiger charge is -2.29. The van der Waals surface area contributed by atoms with Gasteiger partial charge in [-0.05, 0) is 37.1 Å². The third kappa shape index (κ3) is 9.85. The van der Waals surface area contributed by atoms with Crippen molar-refractivity contribution in [1.82, 2.24) is 25.1 Å². The lowest BCUT2D eigenvalue weighted by Crippen LogP contribution is -2.40. The number of hydrogen-bond donors (Lipinski definition) is 2. The number of ether oxygens (including phenoxy) is 1. The standard InChI is InChI=1S/C33H51ClN6O4S/c1-6-7-8-9-10-11-12-13-14-27(44-26-17-15-25(16-18-26)39-19-21-45(42,43)22-20-39)32(41)35-23-24(2)30-36-31-28(34)29(33(3,4)5)37-40(31)38-30/h15-18,24,27,37H,6-14,19-23H2,1-5H3,(H,35,41). The summed E-state index contributed by atoms with van der Waals surface area (Å²) in [6.45, 7) is 11.8. The largest absolute Gasteiger partial charge is 0.481 e. The zero-order chi connectivity index (χ0) is 32.6. The van der Waals surface area contributed by atoms with Crippen LogP contribution in [0.15, 0.2) is 24.3 Å². The summed E-state index contributed by atoms with van der Waals surface area (Å²) >= 11 is 6.61. The quantitative estimate of drug-likeness (QED) is 0.169. The first-order chi connectivity index (χ1) is 21.4. The molecule has 1 amide bonds. The number of aromatic nitrogens is 4. The van der Waals surface area contributed by atoms with Crippen LogP contribution in [0.2, 0.25) is 5.02 Å². The Hall–Kier alpha value is -2.79. The van der Waals surface area contributed by atoms with Crippen molar-refractivity contribution >= 4 is 38.7 Å². The molecule has 250 valence electrons. The number of nitrogens with one attached hydrogen (secondary N) is 2. The fourth-order valence-electron chi connectivity index (χ4n) is 5.56. The molecule has 3 aromatic rings. The second-order valence-corrected chi connectivity index (χ2v) is 16.1. The second kappa shape index (κ2) is 15.7. The number of carbonyl (C=O) groups is 1. The summed E-state index contributed by atoms with van der Waals surface area (Å²) in [5.74, 6) is 1.26. The van der Waals surface area contributed by atoms with Crippen molar-refractivity contribution in [3.63, 3.8) is 0 Å². The number of unbranched alkanes of at least 4 members (excludes halogenated alkanes) is 7. The number of amides is 1. The molecule has 10 nitrogen and oxygen atoms in total. The number of carbonyl (C=O) groups excluding carboxylic acids is 1. The van der Waals surface area contributed by atoms with Crippen LogP contribution in [0.1, 0.15) is 110 Å². The highest BCUT2D eigenvalue weighted by Crippen LogP contribution is 2.31. The molecule has 1 saturated heterocycles. The Labute approximate surface area is 273 Å². The number of halogens is 1. The monoisotopic (exact) mass is 662 g/mol. The van der Waals surface area contributed by atoms with Crippen molar-refractivity contribution in [1.29, 1.82) is 0 Å². The van der Waals surface area contributed by atoms with E-state index < -0.39 is 15.9 Å². The van der Waals surface area contributed by atoms with Gasteiger partial charge in [-0.15, -0.1) is 5.10 Å². The summed E-state index contributed by atoms with van der Waals surface area (Å²) in [5, 5.41) is 11.5. The van der Waals surface area contributed by atoms with Gasteiger partial charge >= 0.3 is 0 Å². The molecule has 2 N–H and O–H groups in total. The molecule has 0 saturated carbocycles. The first-order valence-corrected chi connectivity index (χ1v) is 18.7. The van der Waals surface area contributed by atoms with Crippen molar-refractivity contribution in [3.8, 4) is 5.75 Å². The molecule has 0 radical (unpaired) electrons. The maximum Gasteiger partial charge on any atom is 0.261 e. The van der Waals surface area contributed by atoms with Gasteiger partial charge < -0.3 is 15.0 Å². The van der Waals surface area contributed by atoms with Crippen molar-refractivity contribution in [2.45, 2.75) is 110 Å². The molecule has 45 heavy (non-hydrogen) atoms. The van der Waals surface area contributed by atoms with Crippen LogP contribution in [0.4, 0.5) is 5.69 Å². The molecule has 1 aliphatic rings. The van der Waals surface area contributed by atoms with Gasteiger partial charge in [-0.25, -0.2) is 13.4 Å². The van der Waals surface area contributed by atoms with Gasteiger partial charge in [0.15, 0.2) is 27.4 Å². The summed E-state index contributed by atoms with van der Waals surface area (Å²) in [4.78, 5) is 20.2. The van der Waals surface area contributed by atoms with E-state index >= 15 is 0 Å². The Kier molecular flexibility index (Phi) is 12.2. The molecule has 4 rings (SSSR count). The number of sulfone groups is 1. The number of fused-ring (bicyclic) bond motifs is 1. The molecule has 0 spiro atoms. The number of aromatic amines is 1. The van der Waals surface area contributed by atoms with Gasteiger partial charge in [-0.2, -0.15) is 4.63 Å². The van der Waals surface area contributed by atoms with Crippen LogP contribution in [0.25, 0.3) is 5.65 Å². The maximum absolute atomic E-state index is 13.5. The van der Waals surface area contributed by atoms with Crippen LogP contribution in [0, 0.1) is 0 Å². The molecule has 12 heteroatoms. The van der Waals surface area contributed by atoms with Crippen molar-refractivity contribution in [2.75, 3.05) is 36.0 Å². The fourth-order valence-corrected chi connectivity index (χ4v) is 7.21. The minimum atomic E-state index is -2.95. The topological polar surface area (TPSA) is 122 Å². The van der Waals surface area contributed by atoms with Gasteiger partial charge in [0.2, 0.25) is 0 Å². The van der Waals surface area contributed by atoms with Crippen LogP contribution in [0.3, 0.4) is 0 Å². The van der Waals surface area contributed by atoms with Gasteiger partial charge in [0.1, 0.15) is 10.8 Å². The molecule has 1 fully saturated rings. The summed E-state index contributed by atoms with van der Waals surface area (Å²) in [5.41, 5.74) is 2.25. The molecule has 0 bridgehead atoms. The summed E-state index contributed by atoms with van der Waals surface area (Å²) < 4.78 is 31.5. The summed E-state index contributed by atoms with van der Waals surface area (Å²) in [7, 11) is -2.95. The summed E-state index contributed by atoms with van der Waals surface area (Å²) in [6, 6.07) is 7.59. The molecule has 0 aliphatic carbocycles. The van der Waals surface area contributed by atoms with Gasteiger partial charge in [-0.3, -0.25) is 9.89 Å². The minimum absolute atomic E-state index is 0.132. The highest BCUT2D eigenvalue weighted by Gasteiger charge is 2.27. The normalized spacial score (nSPS) is 16.5. The molecular formula is C33H51ClN6O4S. The van der Waals surface area contributed by atoms with Crippen LogP contribution in [-0.2, 0) is 20.0 Å². The first-order valence-electron chi connectivity index (χ1n) is 16.5. The van der Waals surface area contributed by atoms with E-state index in [1.165, 1.54) is 32.1 Å². The molecule has 3 heterocycles. The maximum atomic E-state index is 13.5. The predicted octanol–water partition coefficient (Wildman–Crippen LogP) is 6.44. The van der Waals surface area contributed by atoms with E-state index in [2.05, 4.69) is 53.1 Å². The lowest BCUT2D eigenvalue weighted by molar-refractivity contribution is -0.128. The Morgan fingerprint density at radius 2 is 1.67 bits per heavy atom. The molecule has 2 aromatic heterocycles. The van der Waals surface area contributed by atoms with Crippen molar-refractivity contribution in [3.05, 3.63) is 40.8 Å². The number of hydrogen-bond acceptors (Lipinski definition) is 7. The van der Waals surface area contributed by atoms with Gasteiger partial charge in [0.25, 0.3) is 5.91 Å². The van der Waals surface area contributed by atoms with Crippen molar-refractivity contribution < 1.29 is 17.9 Å². The second-order valence-electron chi connectivity index (χ2n) is 13.4. The number of anilines is 1. The van der Waals surface area contributed by atoms with E-state index in [0.29, 0.717) is 48.3 Å². The van der Waals surface area contributed by atoms with Crippen molar-refractivity contribution in [2.24, 2.45) is 0 Å². The molecule has 2 unspecified atom stereocenters.